The summed E-state index contributed by atoms with van der Waals surface area (Å²) in [6.07, 6.45) is -8.21. The summed E-state index contributed by atoms with van der Waals surface area (Å²) in [5.41, 5.74) is 2.23. The summed E-state index contributed by atoms with van der Waals surface area (Å²) in [6, 6.07) is 1.20. The molecule has 2 heterocycles. The van der Waals surface area contributed by atoms with Gasteiger partial charge >= 0.3 is 6.18 Å². The maximum Gasteiger partial charge on any atom is 0.393 e. The summed E-state index contributed by atoms with van der Waals surface area (Å²) in [7, 11) is 0. The van der Waals surface area contributed by atoms with Crippen LogP contribution in [-0.2, 0) is 6.42 Å². The van der Waals surface area contributed by atoms with E-state index in [9.17, 15) is 22.0 Å². The Morgan fingerprint density at radius 2 is 1.76 bits per heavy atom. The van der Waals surface area contributed by atoms with Crippen LogP contribution in [0, 0.1) is 0 Å². The maximum atomic E-state index is 14.1. The van der Waals surface area contributed by atoms with Gasteiger partial charge in [0.25, 0.3) is 11.6 Å². The van der Waals surface area contributed by atoms with Crippen molar-refractivity contribution < 1.29 is 26.5 Å². The maximum absolute atomic E-state index is 14.1. The first-order chi connectivity index (χ1) is 9.64. The standard InChI is InChI=1S/C9H9F5N6O/c10-7(11,2-1-5-3-6(15)21-16-5)8(4-9(12,13)14)17-19-20-18-8/h3H,1-2,4,15H2. The highest BCUT2D eigenvalue weighted by Gasteiger charge is 2.61. The van der Waals surface area contributed by atoms with Crippen molar-refractivity contribution >= 4 is 5.88 Å². The predicted molar refractivity (Wildman–Crippen MR) is 57.3 cm³/mol. The quantitative estimate of drug-likeness (QED) is 0.844. The Morgan fingerprint density at radius 1 is 1.14 bits per heavy atom. The average molecular weight is 312 g/mol. The molecular weight excluding hydrogens is 303 g/mol. The first-order valence-electron chi connectivity index (χ1n) is 5.63. The van der Waals surface area contributed by atoms with Crippen molar-refractivity contribution in [2.75, 3.05) is 5.73 Å². The highest BCUT2D eigenvalue weighted by molar-refractivity contribution is 5.24. The molecule has 2 N–H and O–H groups in total. The number of hydrogen-bond acceptors (Lipinski definition) is 7. The number of nitrogen functional groups attached to an aromatic ring is 1. The molecule has 0 fully saturated rings. The van der Waals surface area contributed by atoms with Gasteiger partial charge < -0.3 is 10.3 Å². The third kappa shape index (κ3) is 3.31. The van der Waals surface area contributed by atoms with Crippen LogP contribution in [0.3, 0.4) is 0 Å². The number of halogens is 5. The first-order valence-corrected chi connectivity index (χ1v) is 5.63. The molecule has 1 aliphatic rings. The van der Waals surface area contributed by atoms with E-state index in [0.29, 0.717) is 0 Å². The number of aryl methyl sites for hydroxylation is 1. The Kier molecular flexibility index (Phi) is 3.63. The van der Waals surface area contributed by atoms with E-state index in [0.717, 1.165) is 0 Å². The molecule has 7 nitrogen and oxygen atoms in total. The predicted octanol–water partition coefficient (Wildman–Crippen LogP) is 3.31. The highest BCUT2D eigenvalue weighted by atomic mass is 19.4. The molecule has 21 heavy (non-hydrogen) atoms. The van der Waals surface area contributed by atoms with Crippen molar-refractivity contribution in [3.8, 4) is 0 Å². The van der Waals surface area contributed by atoms with Gasteiger partial charge in [0, 0.05) is 12.5 Å². The lowest BCUT2D eigenvalue weighted by Crippen LogP contribution is -2.47. The van der Waals surface area contributed by atoms with Gasteiger partial charge in [-0.15, -0.1) is 10.2 Å². The van der Waals surface area contributed by atoms with Gasteiger partial charge in [-0.3, -0.25) is 0 Å². The van der Waals surface area contributed by atoms with Crippen LogP contribution in [-0.4, -0.2) is 22.9 Å². The van der Waals surface area contributed by atoms with Crippen molar-refractivity contribution in [2.24, 2.45) is 20.7 Å². The van der Waals surface area contributed by atoms with Crippen LogP contribution in [0.1, 0.15) is 18.5 Å². The zero-order valence-corrected chi connectivity index (χ0v) is 10.3. The molecule has 12 heteroatoms. The molecule has 0 bridgehead atoms. The molecule has 0 unspecified atom stereocenters. The van der Waals surface area contributed by atoms with E-state index in [-0.39, 0.29) is 18.0 Å². The second-order valence-electron chi connectivity index (χ2n) is 4.41. The van der Waals surface area contributed by atoms with E-state index >= 15 is 0 Å². The number of aromatic nitrogens is 1. The third-order valence-corrected chi connectivity index (χ3v) is 2.77. The van der Waals surface area contributed by atoms with E-state index in [2.05, 4.69) is 30.4 Å². The molecule has 0 aliphatic carbocycles. The first kappa shape index (κ1) is 15.3. The lowest BCUT2D eigenvalue weighted by molar-refractivity contribution is -0.181. The monoisotopic (exact) mass is 312 g/mol. The van der Waals surface area contributed by atoms with Crippen LogP contribution < -0.4 is 5.73 Å². The second kappa shape index (κ2) is 5.00. The zero-order valence-electron chi connectivity index (χ0n) is 10.3. The lowest BCUT2D eigenvalue weighted by atomic mass is 9.94. The molecule has 0 saturated carbocycles. The number of rotatable bonds is 5. The molecule has 0 radical (unpaired) electrons. The van der Waals surface area contributed by atoms with Crippen molar-refractivity contribution in [1.29, 1.82) is 0 Å². The molecule has 1 aromatic heterocycles. The Hall–Kier alpha value is -2.14. The van der Waals surface area contributed by atoms with Gasteiger partial charge in [-0.25, -0.2) is 8.78 Å². The fourth-order valence-corrected chi connectivity index (χ4v) is 1.77. The van der Waals surface area contributed by atoms with Crippen molar-refractivity contribution in [3.63, 3.8) is 0 Å². The van der Waals surface area contributed by atoms with Crippen LogP contribution in [0.2, 0.25) is 0 Å². The van der Waals surface area contributed by atoms with Gasteiger partial charge in [-0.05, 0) is 16.9 Å². The number of hydrogen-bond donors (Lipinski definition) is 1. The topological polar surface area (TPSA) is 101 Å². The minimum Gasteiger partial charge on any atom is -0.368 e. The lowest BCUT2D eigenvalue weighted by Gasteiger charge is -2.29. The van der Waals surface area contributed by atoms with E-state index in [1.54, 1.807) is 0 Å². The molecule has 2 rings (SSSR count). The smallest absolute Gasteiger partial charge is 0.368 e. The molecule has 1 aliphatic heterocycles. The highest BCUT2D eigenvalue weighted by Crippen LogP contribution is 2.46. The zero-order chi connectivity index (χ0) is 15.7. The summed E-state index contributed by atoms with van der Waals surface area (Å²) < 4.78 is 70.1. The molecule has 0 aromatic carbocycles. The van der Waals surface area contributed by atoms with Gasteiger partial charge in [0.05, 0.1) is 12.1 Å². The van der Waals surface area contributed by atoms with Crippen LogP contribution in [0.25, 0.3) is 0 Å². The Morgan fingerprint density at radius 3 is 2.24 bits per heavy atom. The van der Waals surface area contributed by atoms with Crippen LogP contribution in [0.4, 0.5) is 27.8 Å². The summed E-state index contributed by atoms with van der Waals surface area (Å²) in [6.45, 7) is 0. The summed E-state index contributed by atoms with van der Waals surface area (Å²) >= 11 is 0. The number of alkyl halides is 5. The summed E-state index contributed by atoms with van der Waals surface area (Å²) in [5, 5.41) is 14.8. The van der Waals surface area contributed by atoms with E-state index in [1.165, 1.54) is 6.07 Å². The summed E-state index contributed by atoms with van der Waals surface area (Å²) in [4.78, 5) is 0. The van der Waals surface area contributed by atoms with Crippen LogP contribution in [0.5, 0.6) is 0 Å². The third-order valence-electron chi connectivity index (χ3n) is 2.77. The van der Waals surface area contributed by atoms with Gasteiger partial charge in [0.2, 0.25) is 5.88 Å². The molecule has 1 aromatic rings. The molecule has 116 valence electrons. The number of nitrogens with two attached hydrogens (primary N) is 1. The molecule has 0 spiro atoms. The van der Waals surface area contributed by atoms with Gasteiger partial charge in [-0.1, -0.05) is 5.16 Å². The molecule has 0 amide bonds. The SMILES string of the molecule is Nc1cc(CCC(F)(F)C2(CC(F)(F)F)N=NN=N2)no1. The Labute approximate surface area is 114 Å². The van der Waals surface area contributed by atoms with E-state index in [4.69, 9.17) is 5.73 Å². The second-order valence-corrected chi connectivity index (χ2v) is 4.41. The molecular formula is C9H9F5N6O. The number of nitrogens with zero attached hydrogens (tertiary/aromatic N) is 5. The fraction of sp³-hybridized carbons (Fsp3) is 0.667. The molecule has 0 saturated heterocycles. The largest absolute Gasteiger partial charge is 0.393 e. The van der Waals surface area contributed by atoms with Crippen LogP contribution in [0.15, 0.2) is 31.3 Å². The fourth-order valence-electron chi connectivity index (χ4n) is 1.77. The van der Waals surface area contributed by atoms with Gasteiger partial charge in [0.1, 0.15) is 0 Å². The van der Waals surface area contributed by atoms with Crippen LogP contribution >= 0.6 is 0 Å². The summed E-state index contributed by atoms with van der Waals surface area (Å²) in [5.74, 6) is -4.00. The van der Waals surface area contributed by atoms with Gasteiger partial charge in [-0.2, -0.15) is 13.2 Å². The van der Waals surface area contributed by atoms with Crippen molar-refractivity contribution in [1.82, 2.24) is 5.16 Å². The van der Waals surface area contributed by atoms with Gasteiger partial charge in [0.15, 0.2) is 0 Å². The number of anilines is 1. The Bertz CT molecular complexity index is 553. The normalized spacial score (nSPS) is 17.6. The van der Waals surface area contributed by atoms with Crippen molar-refractivity contribution in [3.05, 3.63) is 11.8 Å². The van der Waals surface area contributed by atoms with Crippen molar-refractivity contribution in [2.45, 2.75) is 37.0 Å². The van der Waals surface area contributed by atoms with E-state index in [1.807, 2.05) is 0 Å². The van der Waals surface area contributed by atoms with E-state index < -0.39 is 30.6 Å². The average Bonchev–Trinajstić information content (AvgIpc) is 2.95. The minimum absolute atomic E-state index is 0.0845. The Balaban J connectivity index is 2.14. The molecule has 0 atom stereocenters. The minimum atomic E-state index is -4.90.